The Morgan fingerprint density at radius 1 is 1.33 bits per heavy atom. The average molecular weight is 352 g/mol. The summed E-state index contributed by atoms with van der Waals surface area (Å²) in [5.41, 5.74) is 1.92. The van der Waals surface area contributed by atoms with Gasteiger partial charge in [-0.05, 0) is 35.1 Å². The highest BCUT2D eigenvalue weighted by atomic mass is 127. The SMILES string of the molecule is Cc1ncn(CC=Cc2ccccc2)c(=O)c1I. The average Bonchev–Trinajstić information content (AvgIpc) is 2.40. The molecule has 2 aromatic rings. The van der Waals surface area contributed by atoms with Crippen LogP contribution in [-0.2, 0) is 6.54 Å². The van der Waals surface area contributed by atoms with Gasteiger partial charge in [0.1, 0.15) is 0 Å². The van der Waals surface area contributed by atoms with Crippen molar-refractivity contribution >= 4 is 28.7 Å². The second kappa shape index (κ2) is 5.95. The largest absolute Gasteiger partial charge is 0.294 e. The summed E-state index contributed by atoms with van der Waals surface area (Å²) in [6.07, 6.45) is 5.55. The van der Waals surface area contributed by atoms with E-state index in [0.29, 0.717) is 10.1 Å². The zero-order valence-corrected chi connectivity index (χ0v) is 12.2. The lowest BCUT2D eigenvalue weighted by Crippen LogP contribution is -2.23. The van der Waals surface area contributed by atoms with Crippen molar-refractivity contribution in [2.24, 2.45) is 0 Å². The van der Waals surface area contributed by atoms with Crippen molar-refractivity contribution in [1.82, 2.24) is 9.55 Å². The van der Waals surface area contributed by atoms with Gasteiger partial charge in [0.2, 0.25) is 0 Å². The first-order valence-corrected chi connectivity index (χ1v) is 6.69. The maximum absolute atomic E-state index is 11.9. The topological polar surface area (TPSA) is 34.9 Å². The van der Waals surface area contributed by atoms with Crippen LogP contribution < -0.4 is 5.56 Å². The third-order valence-corrected chi connectivity index (χ3v) is 3.81. The zero-order chi connectivity index (χ0) is 13.0. The number of rotatable bonds is 3. The molecule has 0 spiro atoms. The molecule has 18 heavy (non-hydrogen) atoms. The lowest BCUT2D eigenvalue weighted by molar-refractivity contribution is 0.741. The van der Waals surface area contributed by atoms with E-state index < -0.39 is 0 Å². The summed E-state index contributed by atoms with van der Waals surface area (Å²) in [4.78, 5) is 16.1. The minimum atomic E-state index is 0.0146. The highest BCUT2D eigenvalue weighted by Crippen LogP contribution is 2.03. The smallest absolute Gasteiger partial charge is 0.267 e. The van der Waals surface area contributed by atoms with Crippen LogP contribution in [0.4, 0.5) is 0 Å². The second-order valence-corrected chi connectivity index (χ2v) is 4.99. The number of hydrogen-bond donors (Lipinski definition) is 0. The van der Waals surface area contributed by atoms with Gasteiger partial charge in [-0.25, -0.2) is 4.98 Å². The molecule has 0 aliphatic rings. The first kappa shape index (κ1) is 13.0. The van der Waals surface area contributed by atoms with Gasteiger partial charge in [0.15, 0.2) is 0 Å². The molecule has 4 heteroatoms. The molecule has 1 aromatic heterocycles. The predicted octanol–water partition coefficient (Wildman–Crippen LogP) is 2.87. The van der Waals surface area contributed by atoms with Gasteiger partial charge in [0, 0.05) is 6.54 Å². The van der Waals surface area contributed by atoms with Gasteiger partial charge in [-0.1, -0.05) is 42.5 Å². The van der Waals surface area contributed by atoms with Crippen molar-refractivity contribution in [3.05, 3.63) is 67.9 Å². The molecule has 0 saturated heterocycles. The van der Waals surface area contributed by atoms with E-state index in [9.17, 15) is 4.79 Å². The zero-order valence-electron chi connectivity index (χ0n) is 10.0. The Balaban J connectivity index is 2.14. The van der Waals surface area contributed by atoms with Gasteiger partial charge in [-0.3, -0.25) is 9.36 Å². The van der Waals surface area contributed by atoms with Gasteiger partial charge in [0.05, 0.1) is 15.6 Å². The molecule has 0 aliphatic carbocycles. The third-order valence-electron chi connectivity index (χ3n) is 2.57. The van der Waals surface area contributed by atoms with Crippen molar-refractivity contribution < 1.29 is 0 Å². The molecule has 0 radical (unpaired) electrons. The normalized spacial score (nSPS) is 11.0. The van der Waals surface area contributed by atoms with Crippen LogP contribution in [0.2, 0.25) is 0 Å². The summed E-state index contributed by atoms with van der Waals surface area (Å²) in [6.45, 7) is 2.38. The summed E-state index contributed by atoms with van der Waals surface area (Å²) in [5, 5.41) is 0. The van der Waals surface area contributed by atoms with Crippen LogP contribution >= 0.6 is 22.6 Å². The molecule has 0 bridgehead atoms. The van der Waals surface area contributed by atoms with Crippen LogP contribution in [0.5, 0.6) is 0 Å². The van der Waals surface area contributed by atoms with Crippen LogP contribution in [0, 0.1) is 10.5 Å². The van der Waals surface area contributed by atoms with Gasteiger partial charge in [0.25, 0.3) is 5.56 Å². The van der Waals surface area contributed by atoms with Gasteiger partial charge in [-0.2, -0.15) is 0 Å². The molecule has 1 heterocycles. The summed E-state index contributed by atoms with van der Waals surface area (Å²) < 4.78 is 2.29. The fourth-order valence-electron chi connectivity index (χ4n) is 1.54. The summed E-state index contributed by atoms with van der Waals surface area (Å²) in [7, 11) is 0. The molecule has 0 atom stereocenters. The Bertz CT molecular complexity index is 617. The maximum Gasteiger partial charge on any atom is 0.267 e. The first-order chi connectivity index (χ1) is 8.68. The van der Waals surface area contributed by atoms with Crippen molar-refractivity contribution in [2.75, 3.05) is 0 Å². The van der Waals surface area contributed by atoms with E-state index in [1.165, 1.54) is 0 Å². The number of halogens is 1. The first-order valence-electron chi connectivity index (χ1n) is 5.61. The molecule has 2 rings (SSSR count). The van der Waals surface area contributed by atoms with E-state index in [1.807, 2.05) is 72.0 Å². The molecule has 0 fully saturated rings. The molecular formula is C14H13IN2O. The Hall–Kier alpha value is -1.43. The lowest BCUT2D eigenvalue weighted by Gasteiger charge is -2.03. The van der Waals surface area contributed by atoms with Crippen molar-refractivity contribution in [2.45, 2.75) is 13.5 Å². The van der Waals surface area contributed by atoms with E-state index in [2.05, 4.69) is 4.98 Å². The quantitative estimate of drug-likeness (QED) is 0.797. The number of hydrogen-bond acceptors (Lipinski definition) is 2. The van der Waals surface area contributed by atoms with Crippen LogP contribution in [-0.4, -0.2) is 9.55 Å². The lowest BCUT2D eigenvalue weighted by atomic mass is 10.2. The van der Waals surface area contributed by atoms with Crippen LogP contribution in [0.3, 0.4) is 0 Å². The Morgan fingerprint density at radius 2 is 2.06 bits per heavy atom. The van der Waals surface area contributed by atoms with Crippen molar-refractivity contribution in [3.63, 3.8) is 0 Å². The minimum Gasteiger partial charge on any atom is -0.294 e. The third kappa shape index (κ3) is 3.07. The minimum absolute atomic E-state index is 0.0146. The van der Waals surface area contributed by atoms with Gasteiger partial charge < -0.3 is 0 Å². The summed E-state index contributed by atoms with van der Waals surface area (Å²) in [6, 6.07) is 10.0. The number of aryl methyl sites for hydroxylation is 1. The second-order valence-electron chi connectivity index (χ2n) is 3.91. The van der Waals surface area contributed by atoms with E-state index in [1.54, 1.807) is 10.9 Å². The molecule has 3 nitrogen and oxygen atoms in total. The van der Waals surface area contributed by atoms with Gasteiger partial charge >= 0.3 is 0 Å². The highest BCUT2D eigenvalue weighted by Gasteiger charge is 2.03. The van der Waals surface area contributed by atoms with E-state index in [4.69, 9.17) is 0 Å². The summed E-state index contributed by atoms with van der Waals surface area (Å²) in [5.74, 6) is 0. The highest BCUT2D eigenvalue weighted by molar-refractivity contribution is 14.1. The maximum atomic E-state index is 11.9. The fourth-order valence-corrected chi connectivity index (χ4v) is 1.99. The number of nitrogens with zero attached hydrogens (tertiary/aromatic N) is 2. The van der Waals surface area contributed by atoms with Crippen LogP contribution in [0.15, 0.2) is 47.5 Å². The monoisotopic (exact) mass is 352 g/mol. The Kier molecular flexibility index (Phi) is 4.30. The predicted molar refractivity (Wildman–Crippen MR) is 81.4 cm³/mol. The molecule has 0 N–H and O–H groups in total. The number of allylic oxidation sites excluding steroid dienone is 1. The standard InChI is InChI=1S/C14H13IN2O/c1-11-13(15)14(18)17(10-16-11)9-5-8-12-6-3-2-4-7-12/h2-8,10H,9H2,1H3. The van der Waals surface area contributed by atoms with Crippen molar-refractivity contribution in [1.29, 1.82) is 0 Å². The molecule has 92 valence electrons. The van der Waals surface area contributed by atoms with E-state index >= 15 is 0 Å². The van der Waals surface area contributed by atoms with E-state index in [-0.39, 0.29) is 5.56 Å². The van der Waals surface area contributed by atoms with Crippen molar-refractivity contribution in [3.8, 4) is 0 Å². The number of benzene rings is 1. The molecule has 0 unspecified atom stereocenters. The molecule has 1 aromatic carbocycles. The molecule has 0 amide bonds. The summed E-state index contributed by atoms with van der Waals surface area (Å²) >= 11 is 2.04. The number of aromatic nitrogens is 2. The molecule has 0 aliphatic heterocycles. The Morgan fingerprint density at radius 3 is 2.78 bits per heavy atom. The molecule has 0 saturated carbocycles. The molecular weight excluding hydrogens is 339 g/mol. The van der Waals surface area contributed by atoms with Crippen LogP contribution in [0.25, 0.3) is 6.08 Å². The Labute approximate surface area is 119 Å². The van der Waals surface area contributed by atoms with Gasteiger partial charge in [-0.15, -0.1) is 0 Å². The van der Waals surface area contributed by atoms with Crippen LogP contribution in [0.1, 0.15) is 11.3 Å². The van der Waals surface area contributed by atoms with E-state index in [0.717, 1.165) is 11.3 Å². The fraction of sp³-hybridized carbons (Fsp3) is 0.143.